The molecule has 6 heteroatoms. The third kappa shape index (κ3) is 2.71. The Morgan fingerprint density at radius 2 is 2.15 bits per heavy atom. The van der Waals surface area contributed by atoms with E-state index in [-0.39, 0.29) is 17.7 Å². The van der Waals surface area contributed by atoms with E-state index >= 15 is 0 Å². The predicted octanol–water partition coefficient (Wildman–Crippen LogP) is 4.00. The van der Waals surface area contributed by atoms with Crippen molar-refractivity contribution in [2.75, 3.05) is 13.7 Å². The minimum Gasteiger partial charge on any atom is -0.494 e. The zero-order valence-corrected chi connectivity index (χ0v) is 14.8. The lowest BCUT2D eigenvalue weighted by atomic mass is 10.0. The van der Waals surface area contributed by atoms with Gasteiger partial charge < -0.3 is 9.64 Å². The van der Waals surface area contributed by atoms with Crippen LogP contribution < -0.4 is 4.74 Å². The summed E-state index contributed by atoms with van der Waals surface area (Å²) in [5, 5.41) is 8.18. The summed E-state index contributed by atoms with van der Waals surface area (Å²) in [5.74, 6) is -0.243. The van der Waals surface area contributed by atoms with Crippen molar-refractivity contribution in [3.63, 3.8) is 0 Å². The monoisotopic (exact) mass is 353 g/mol. The molecule has 2 aromatic carbocycles. The van der Waals surface area contributed by atoms with Crippen LogP contribution in [-0.4, -0.2) is 34.7 Å². The molecule has 1 aliphatic rings. The number of aromatic nitrogens is 2. The van der Waals surface area contributed by atoms with E-state index in [0.29, 0.717) is 12.1 Å². The van der Waals surface area contributed by atoms with Crippen molar-refractivity contribution in [2.24, 2.45) is 0 Å². The smallest absolute Gasteiger partial charge is 0.254 e. The molecule has 26 heavy (non-hydrogen) atoms. The number of amides is 1. The maximum atomic E-state index is 14.1. The second-order valence-corrected chi connectivity index (χ2v) is 6.63. The number of halogens is 1. The fourth-order valence-electron chi connectivity index (χ4n) is 3.69. The number of hydrogen-bond acceptors (Lipinski definition) is 3. The van der Waals surface area contributed by atoms with Gasteiger partial charge in [0.2, 0.25) is 0 Å². The molecule has 0 spiro atoms. The number of hydrogen-bond donors (Lipinski definition) is 1. The number of methoxy groups -OCH3 is 1. The molecule has 1 aliphatic heterocycles. The first kappa shape index (κ1) is 16.6. The van der Waals surface area contributed by atoms with Crippen LogP contribution in [0.3, 0.4) is 0 Å². The van der Waals surface area contributed by atoms with Crippen molar-refractivity contribution in [2.45, 2.75) is 25.8 Å². The highest BCUT2D eigenvalue weighted by Crippen LogP contribution is 2.35. The number of ether oxygens (including phenoxy) is 1. The largest absolute Gasteiger partial charge is 0.494 e. The van der Waals surface area contributed by atoms with E-state index < -0.39 is 5.82 Å². The number of benzene rings is 2. The topological polar surface area (TPSA) is 58.2 Å². The minimum absolute atomic E-state index is 0.0497. The molecule has 0 radical (unpaired) electrons. The second-order valence-electron chi connectivity index (χ2n) is 6.63. The van der Waals surface area contributed by atoms with Crippen LogP contribution in [0.25, 0.3) is 10.9 Å². The Balaban J connectivity index is 1.64. The predicted molar refractivity (Wildman–Crippen MR) is 96.8 cm³/mol. The Labute approximate surface area is 150 Å². The third-order valence-corrected chi connectivity index (χ3v) is 5.07. The SMILES string of the molecule is COc1ccc(C2CCCN2C(=O)c2ccc3c(C)[nH]nc3c2)cc1F. The molecule has 4 rings (SSSR count). The molecule has 2 heterocycles. The Morgan fingerprint density at radius 1 is 1.31 bits per heavy atom. The summed E-state index contributed by atoms with van der Waals surface area (Å²) in [6.07, 6.45) is 1.72. The van der Waals surface area contributed by atoms with E-state index in [1.54, 1.807) is 6.07 Å². The van der Waals surface area contributed by atoms with Gasteiger partial charge in [-0.25, -0.2) is 4.39 Å². The molecule has 0 aliphatic carbocycles. The Hall–Kier alpha value is -2.89. The number of rotatable bonds is 3. The van der Waals surface area contributed by atoms with Crippen LogP contribution >= 0.6 is 0 Å². The molecule has 3 aromatic rings. The maximum absolute atomic E-state index is 14.1. The van der Waals surface area contributed by atoms with Crippen molar-refractivity contribution >= 4 is 16.8 Å². The summed E-state index contributed by atoms with van der Waals surface area (Å²) in [7, 11) is 1.44. The lowest BCUT2D eigenvalue weighted by Gasteiger charge is -2.25. The molecule has 1 fully saturated rings. The van der Waals surface area contributed by atoms with Gasteiger partial charge in [0.05, 0.1) is 18.7 Å². The van der Waals surface area contributed by atoms with Crippen LogP contribution in [0.15, 0.2) is 36.4 Å². The zero-order chi connectivity index (χ0) is 18.3. The van der Waals surface area contributed by atoms with Gasteiger partial charge >= 0.3 is 0 Å². The van der Waals surface area contributed by atoms with Gasteiger partial charge in [-0.1, -0.05) is 12.1 Å². The van der Waals surface area contributed by atoms with Crippen LogP contribution in [0.1, 0.15) is 40.5 Å². The van der Waals surface area contributed by atoms with Crippen LogP contribution in [0, 0.1) is 12.7 Å². The molecule has 0 bridgehead atoms. The summed E-state index contributed by atoms with van der Waals surface area (Å²) in [4.78, 5) is 14.9. The van der Waals surface area contributed by atoms with E-state index in [9.17, 15) is 9.18 Å². The number of carbonyl (C=O) groups is 1. The first-order chi connectivity index (χ1) is 12.6. The van der Waals surface area contributed by atoms with Gasteiger partial charge in [0, 0.05) is 23.2 Å². The van der Waals surface area contributed by atoms with Gasteiger partial charge in [-0.3, -0.25) is 9.89 Å². The zero-order valence-electron chi connectivity index (χ0n) is 14.8. The molecule has 1 amide bonds. The first-order valence-electron chi connectivity index (χ1n) is 8.67. The molecular weight excluding hydrogens is 333 g/mol. The maximum Gasteiger partial charge on any atom is 0.254 e. The highest BCUT2D eigenvalue weighted by Gasteiger charge is 2.31. The van der Waals surface area contributed by atoms with Crippen LogP contribution in [0.4, 0.5) is 4.39 Å². The number of nitrogens with one attached hydrogen (secondary N) is 1. The van der Waals surface area contributed by atoms with Gasteiger partial charge in [-0.05, 0) is 49.6 Å². The molecule has 1 atom stereocenters. The van der Waals surface area contributed by atoms with Crippen molar-refractivity contribution < 1.29 is 13.9 Å². The second kappa shape index (κ2) is 6.44. The number of aryl methyl sites for hydroxylation is 1. The van der Waals surface area contributed by atoms with Crippen molar-refractivity contribution in [3.8, 4) is 5.75 Å². The van der Waals surface area contributed by atoms with Crippen molar-refractivity contribution in [1.82, 2.24) is 15.1 Å². The summed E-state index contributed by atoms with van der Waals surface area (Å²) in [5.41, 5.74) is 3.15. The van der Waals surface area contributed by atoms with Crippen LogP contribution in [0.5, 0.6) is 5.75 Å². The molecule has 1 saturated heterocycles. The van der Waals surface area contributed by atoms with E-state index in [4.69, 9.17) is 4.74 Å². The van der Waals surface area contributed by atoms with E-state index in [2.05, 4.69) is 10.2 Å². The normalized spacial score (nSPS) is 17.0. The van der Waals surface area contributed by atoms with Crippen LogP contribution in [0.2, 0.25) is 0 Å². The summed E-state index contributed by atoms with van der Waals surface area (Å²) < 4.78 is 19.1. The van der Waals surface area contributed by atoms with Crippen LogP contribution in [-0.2, 0) is 0 Å². The van der Waals surface area contributed by atoms with E-state index in [0.717, 1.165) is 35.0 Å². The summed E-state index contributed by atoms with van der Waals surface area (Å²) in [6, 6.07) is 10.3. The van der Waals surface area contributed by atoms with Crippen molar-refractivity contribution in [1.29, 1.82) is 0 Å². The lowest BCUT2D eigenvalue weighted by molar-refractivity contribution is 0.0735. The molecular formula is C20H20FN3O2. The standard InChI is InChI=1S/C20H20FN3O2/c1-12-15-7-5-14(11-17(15)23-22-12)20(25)24-9-3-4-18(24)13-6-8-19(26-2)16(21)10-13/h5-8,10-11,18H,3-4,9H2,1-2H3,(H,22,23). The quantitative estimate of drug-likeness (QED) is 0.774. The summed E-state index contributed by atoms with van der Waals surface area (Å²) >= 11 is 0. The fourth-order valence-corrected chi connectivity index (χ4v) is 3.69. The molecule has 5 nitrogen and oxygen atoms in total. The molecule has 1 aromatic heterocycles. The number of fused-ring (bicyclic) bond motifs is 1. The number of aromatic amines is 1. The highest BCUT2D eigenvalue weighted by molar-refractivity contribution is 5.98. The molecule has 1 N–H and O–H groups in total. The number of likely N-dealkylation sites (tertiary alicyclic amines) is 1. The lowest BCUT2D eigenvalue weighted by Crippen LogP contribution is -2.30. The van der Waals surface area contributed by atoms with Gasteiger partial charge in [-0.15, -0.1) is 0 Å². The van der Waals surface area contributed by atoms with Gasteiger partial charge in [0.25, 0.3) is 5.91 Å². The Bertz CT molecular complexity index is 982. The number of H-pyrrole nitrogens is 1. The average molecular weight is 353 g/mol. The minimum atomic E-state index is -0.405. The Kier molecular flexibility index (Phi) is 4.11. The molecule has 1 unspecified atom stereocenters. The fraction of sp³-hybridized carbons (Fsp3) is 0.300. The van der Waals surface area contributed by atoms with E-state index in [1.165, 1.54) is 13.2 Å². The Morgan fingerprint density at radius 3 is 2.92 bits per heavy atom. The third-order valence-electron chi connectivity index (χ3n) is 5.07. The van der Waals surface area contributed by atoms with Crippen molar-refractivity contribution in [3.05, 3.63) is 59.0 Å². The molecule has 134 valence electrons. The first-order valence-corrected chi connectivity index (χ1v) is 8.67. The number of nitrogens with zero attached hydrogens (tertiary/aromatic N) is 2. The van der Waals surface area contributed by atoms with E-state index in [1.807, 2.05) is 36.1 Å². The highest BCUT2D eigenvalue weighted by atomic mass is 19.1. The number of carbonyl (C=O) groups excluding carboxylic acids is 1. The van der Waals surface area contributed by atoms with Gasteiger partial charge in [0.1, 0.15) is 0 Å². The van der Waals surface area contributed by atoms with Gasteiger partial charge in [-0.2, -0.15) is 5.10 Å². The average Bonchev–Trinajstić information content (AvgIpc) is 3.28. The molecule has 0 saturated carbocycles. The summed E-state index contributed by atoms with van der Waals surface area (Å²) in [6.45, 7) is 2.61. The van der Waals surface area contributed by atoms with Gasteiger partial charge in [0.15, 0.2) is 11.6 Å².